The van der Waals surface area contributed by atoms with E-state index in [4.69, 9.17) is 0 Å². The highest BCUT2D eigenvalue weighted by Gasteiger charge is 2.16. The summed E-state index contributed by atoms with van der Waals surface area (Å²) in [7, 11) is 0. The molecule has 1 heterocycles. The molecule has 0 aliphatic carbocycles. The fourth-order valence-electron chi connectivity index (χ4n) is 1.48. The molecule has 0 unspecified atom stereocenters. The summed E-state index contributed by atoms with van der Waals surface area (Å²) in [6.45, 7) is 0. The minimum Gasteiger partial charge on any atom is -0.379 e. The van der Waals surface area contributed by atoms with Crippen molar-refractivity contribution in [1.29, 1.82) is 0 Å². The molecular weight excluding hydrogens is 204 g/mol. The second-order valence-corrected chi connectivity index (χ2v) is 4.48. The van der Waals surface area contributed by atoms with Crippen LogP contribution in [0, 0.1) is 11.6 Å². The third-order valence-corrected chi connectivity index (χ3v) is 3.38. The molecule has 0 radical (unpaired) electrons. The van der Waals surface area contributed by atoms with E-state index in [1.165, 1.54) is 6.07 Å². The molecule has 0 spiro atoms. The predicted molar refractivity (Wildman–Crippen MR) is 55.7 cm³/mol. The number of benzene rings is 1. The van der Waals surface area contributed by atoms with Crippen LogP contribution in [0.25, 0.3) is 0 Å². The highest BCUT2D eigenvalue weighted by molar-refractivity contribution is 7.99. The van der Waals surface area contributed by atoms with Crippen LogP contribution in [0.4, 0.5) is 14.5 Å². The third-order valence-electron chi connectivity index (χ3n) is 2.22. The molecule has 1 aromatic carbocycles. The number of hydrogen-bond acceptors (Lipinski definition) is 2. The van der Waals surface area contributed by atoms with Gasteiger partial charge in [0.05, 0.1) is 5.69 Å². The van der Waals surface area contributed by atoms with Crippen LogP contribution in [0.1, 0.15) is 6.42 Å². The number of anilines is 1. The molecule has 1 aliphatic heterocycles. The SMILES string of the molecule is Fc1ccc(F)c(N[C@H]2CCSC2)c1. The van der Waals surface area contributed by atoms with Crippen LogP contribution >= 0.6 is 11.8 Å². The first-order valence-electron chi connectivity index (χ1n) is 4.55. The first kappa shape index (κ1) is 9.77. The van der Waals surface area contributed by atoms with Crippen molar-refractivity contribution in [1.82, 2.24) is 0 Å². The van der Waals surface area contributed by atoms with Crippen LogP contribution in [-0.4, -0.2) is 17.5 Å². The van der Waals surface area contributed by atoms with E-state index in [2.05, 4.69) is 5.32 Å². The Morgan fingerprint density at radius 2 is 2.21 bits per heavy atom. The number of halogens is 2. The van der Waals surface area contributed by atoms with E-state index in [1.807, 2.05) is 11.8 Å². The standard InChI is InChI=1S/C10H11F2NS/c11-7-1-2-9(12)10(5-7)13-8-3-4-14-6-8/h1-2,5,8,13H,3-4,6H2/t8-/m0/s1. The first-order valence-corrected chi connectivity index (χ1v) is 5.70. The number of thioether (sulfide) groups is 1. The quantitative estimate of drug-likeness (QED) is 0.814. The third kappa shape index (κ3) is 2.18. The van der Waals surface area contributed by atoms with Gasteiger partial charge in [0.25, 0.3) is 0 Å². The van der Waals surface area contributed by atoms with Gasteiger partial charge < -0.3 is 5.32 Å². The van der Waals surface area contributed by atoms with Crippen molar-refractivity contribution < 1.29 is 8.78 Å². The zero-order valence-electron chi connectivity index (χ0n) is 7.59. The van der Waals surface area contributed by atoms with Crippen LogP contribution in [-0.2, 0) is 0 Å². The summed E-state index contributed by atoms with van der Waals surface area (Å²) in [5.74, 6) is 1.27. The second-order valence-electron chi connectivity index (χ2n) is 3.33. The molecule has 1 saturated heterocycles. The number of nitrogens with one attached hydrogen (secondary N) is 1. The van der Waals surface area contributed by atoms with Gasteiger partial charge in [0, 0.05) is 11.8 Å². The molecule has 1 nitrogen and oxygen atoms in total. The van der Waals surface area contributed by atoms with E-state index in [0.717, 1.165) is 30.1 Å². The van der Waals surface area contributed by atoms with Gasteiger partial charge in [-0.2, -0.15) is 11.8 Å². The summed E-state index contributed by atoms with van der Waals surface area (Å²) in [5, 5.41) is 3.01. The predicted octanol–water partition coefficient (Wildman–Crippen LogP) is 2.88. The molecule has 0 amide bonds. The van der Waals surface area contributed by atoms with Crippen molar-refractivity contribution in [2.24, 2.45) is 0 Å². The normalized spacial score (nSPS) is 21.1. The van der Waals surface area contributed by atoms with Gasteiger partial charge in [0.1, 0.15) is 11.6 Å². The molecule has 14 heavy (non-hydrogen) atoms. The Morgan fingerprint density at radius 3 is 2.93 bits per heavy atom. The van der Waals surface area contributed by atoms with Crippen LogP contribution < -0.4 is 5.32 Å². The van der Waals surface area contributed by atoms with Crippen molar-refractivity contribution in [2.75, 3.05) is 16.8 Å². The fourth-order valence-corrected chi connectivity index (χ4v) is 2.63. The maximum Gasteiger partial charge on any atom is 0.146 e. The van der Waals surface area contributed by atoms with Gasteiger partial charge in [0.2, 0.25) is 0 Å². The van der Waals surface area contributed by atoms with Crippen molar-refractivity contribution in [2.45, 2.75) is 12.5 Å². The first-order chi connectivity index (χ1) is 6.75. The maximum atomic E-state index is 13.2. The summed E-state index contributed by atoms with van der Waals surface area (Å²) < 4.78 is 26.0. The Morgan fingerprint density at radius 1 is 1.36 bits per heavy atom. The molecule has 1 atom stereocenters. The lowest BCUT2D eigenvalue weighted by atomic mass is 10.2. The van der Waals surface area contributed by atoms with E-state index in [-0.39, 0.29) is 17.5 Å². The van der Waals surface area contributed by atoms with E-state index >= 15 is 0 Å². The lowest BCUT2D eigenvalue weighted by Gasteiger charge is -2.13. The van der Waals surface area contributed by atoms with Crippen LogP contribution in [0.15, 0.2) is 18.2 Å². The highest BCUT2D eigenvalue weighted by atomic mass is 32.2. The monoisotopic (exact) mass is 215 g/mol. The van der Waals surface area contributed by atoms with Crippen molar-refractivity contribution in [3.05, 3.63) is 29.8 Å². The summed E-state index contributed by atoms with van der Waals surface area (Å²) in [6.07, 6.45) is 1.01. The minimum atomic E-state index is -0.403. The summed E-state index contributed by atoms with van der Waals surface area (Å²) in [6, 6.07) is 3.76. The lowest BCUT2D eigenvalue weighted by molar-refractivity contribution is 0.600. The van der Waals surface area contributed by atoms with Crippen LogP contribution in [0.5, 0.6) is 0 Å². The van der Waals surface area contributed by atoms with E-state index in [1.54, 1.807) is 0 Å². The average molecular weight is 215 g/mol. The number of rotatable bonds is 2. The van der Waals surface area contributed by atoms with Gasteiger partial charge in [0.15, 0.2) is 0 Å². The average Bonchev–Trinajstić information content (AvgIpc) is 2.64. The largest absolute Gasteiger partial charge is 0.379 e. The van der Waals surface area contributed by atoms with Gasteiger partial charge in [-0.3, -0.25) is 0 Å². The van der Waals surface area contributed by atoms with Gasteiger partial charge in [-0.1, -0.05) is 0 Å². The van der Waals surface area contributed by atoms with Gasteiger partial charge in [-0.05, 0) is 30.4 Å². The molecule has 76 valence electrons. The Labute approximate surface area is 85.9 Å². The molecule has 0 aromatic heterocycles. The molecule has 1 fully saturated rings. The van der Waals surface area contributed by atoms with Gasteiger partial charge in [-0.25, -0.2) is 8.78 Å². The molecule has 1 N–H and O–H groups in total. The van der Waals surface area contributed by atoms with Crippen molar-refractivity contribution in [3.63, 3.8) is 0 Å². The highest BCUT2D eigenvalue weighted by Crippen LogP contribution is 2.23. The molecule has 0 saturated carbocycles. The fraction of sp³-hybridized carbons (Fsp3) is 0.400. The molecule has 1 aliphatic rings. The smallest absolute Gasteiger partial charge is 0.146 e. The van der Waals surface area contributed by atoms with Gasteiger partial charge in [-0.15, -0.1) is 0 Å². The lowest BCUT2D eigenvalue weighted by Crippen LogP contribution is -2.18. The second kappa shape index (κ2) is 4.17. The molecule has 1 aromatic rings. The molecule has 2 rings (SSSR count). The van der Waals surface area contributed by atoms with Crippen molar-refractivity contribution >= 4 is 17.4 Å². The zero-order chi connectivity index (χ0) is 9.97. The van der Waals surface area contributed by atoms with Crippen LogP contribution in [0.3, 0.4) is 0 Å². The molecular formula is C10H11F2NS. The Kier molecular flexibility index (Phi) is 2.91. The number of hydrogen-bond donors (Lipinski definition) is 1. The van der Waals surface area contributed by atoms with Gasteiger partial charge >= 0.3 is 0 Å². The van der Waals surface area contributed by atoms with Crippen molar-refractivity contribution in [3.8, 4) is 0 Å². The molecule has 0 bridgehead atoms. The van der Waals surface area contributed by atoms with E-state index < -0.39 is 5.82 Å². The zero-order valence-corrected chi connectivity index (χ0v) is 8.41. The van der Waals surface area contributed by atoms with E-state index in [9.17, 15) is 8.78 Å². The maximum absolute atomic E-state index is 13.2. The topological polar surface area (TPSA) is 12.0 Å². The van der Waals surface area contributed by atoms with Crippen LogP contribution in [0.2, 0.25) is 0 Å². The Bertz CT molecular complexity index is 324. The van der Waals surface area contributed by atoms with E-state index in [0.29, 0.717) is 0 Å². The summed E-state index contributed by atoms with van der Waals surface area (Å²) >= 11 is 1.83. The summed E-state index contributed by atoms with van der Waals surface area (Å²) in [4.78, 5) is 0. The Hall–Kier alpha value is -0.770. The Balaban J connectivity index is 2.10. The molecule has 4 heteroatoms. The summed E-state index contributed by atoms with van der Waals surface area (Å²) in [5.41, 5.74) is 0.275. The minimum absolute atomic E-state index is 0.274.